The first-order valence-electron chi connectivity index (χ1n) is 6.47. The van der Waals surface area contributed by atoms with Gasteiger partial charge in [-0.2, -0.15) is 0 Å². The molecule has 1 unspecified atom stereocenters. The Morgan fingerprint density at radius 2 is 1.75 bits per heavy atom. The van der Waals surface area contributed by atoms with Gasteiger partial charge >= 0.3 is 0 Å². The van der Waals surface area contributed by atoms with Crippen LogP contribution in [0.5, 0.6) is 0 Å². The molecule has 1 amide bonds. The molecule has 0 aliphatic heterocycles. The Morgan fingerprint density at radius 1 is 1.20 bits per heavy atom. The maximum absolute atomic E-state index is 11.7. The topological polar surface area (TPSA) is 58.4 Å². The molecule has 4 nitrogen and oxygen atoms in total. The summed E-state index contributed by atoms with van der Waals surface area (Å²) in [7, 11) is 0. The predicted molar refractivity (Wildman–Crippen MR) is 88.7 cm³/mol. The molecule has 0 aliphatic rings. The second-order valence-electron chi connectivity index (χ2n) is 4.28. The number of carbonyl (C=O) groups is 1. The molecule has 0 fully saturated rings. The first-order chi connectivity index (χ1) is 8.67. The average molecular weight is 322 g/mol. The molecule has 6 heteroatoms. The van der Waals surface area contributed by atoms with Crippen LogP contribution in [0.1, 0.15) is 25.5 Å². The lowest BCUT2D eigenvalue weighted by atomic mass is 10.1. The number of nitrogens with two attached hydrogens (primary N) is 1. The lowest BCUT2D eigenvalue weighted by molar-refractivity contribution is -0.122. The first kappa shape index (κ1) is 21.5. The van der Waals surface area contributed by atoms with Crippen LogP contribution in [0.4, 0.5) is 0 Å². The van der Waals surface area contributed by atoms with Crippen molar-refractivity contribution < 1.29 is 4.79 Å². The van der Waals surface area contributed by atoms with E-state index in [1.165, 1.54) is 0 Å². The molecular weight excluding hydrogens is 297 g/mol. The molecule has 0 spiro atoms. The van der Waals surface area contributed by atoms with Crippen molar-refractivity contribution in [3.63, 3.8) is 0 Å². The summed E-state index contributed by atoms with van der Waals surface area (Å²) in [6, 6.07) is 9.66. The van der Waals surface area contributed by atoms with Gasteiger partial charge in [0.05, 0.1) is 6.54 Å². The van der Waals surface area contributed by atoms with Crippen LogP contribution in [0.3, 0.4) is 0 Å². The second kappa shape index (κ2) is 12.0. The summed E-state index contributed by atoms with van der Waals surface area (Å²) < 4.78 is 0. The van der Waals surface area contributed by atoms with Crippen molar-refractivity contribution in [1.82, 2.24) is 10.2 Å². The molecule has 0 saturated heterocycles. The summed E-state index contributed by atoms with van der Waals surface area (Å²) >= 11 is 0. The number of rotatable bonds is 7. The highest BCUT2D eigenvalue weighted by molar-refractivity contribution is 5.85. The number of nitrogens with one attached hydrogen (secondary N) is 1. The summed E-state index contributed by atoms with van der Waals surface area (Å²) in [6.07, 6.45) is 0. The maximum atomic E-state index is 11.7. The normalized spacial score (nSPS) is 11.2. The Labute approximate surface area is 133 Å². The van der Waals surface area contributed by atoms with Crippen LogP contribution in [-0.4, -0.2) is 37.0 Å². The van der Waals surface area contributed by atoms with Crippen molar-refractivity contribution in [2.75, 3.05) is 26.2 Å². The van der Waals surface area contributed by atoms with Crippen molar-refractivity contribution in [2.45, 2.75) is 19.9 Å². The van der Waals surface area contributed by atoms with Gasteiger partial charge in [0.2, 0.25) is 5.91 Å². The van der Waals surface area contributed by atoms with Crippen LogP contribution < -0.4 is 11.1 Å². The molecule has 0 aromatic heterocycles. The van der Waals surface area contributed by atoms with Gasteiger partial charge in [-0.25, -0.2) is 0 Å². The Balaban J connectivity index is 0. The van der Waals surface area contributed by atoms with Gasteiger partial charge in [-0.15, -0.1) is 24.8 Å². The van der Waals surface area contributed by atoms with Crippen LogP contribution >= 0.6 is 24.8 Å². The van der Waals surface area contributed by atoms with E-state index in [1.54, 1.807) is 0 Å². The summed E-state index contributed by atoms with van der Waals surface area (Å²) in [5.74, 6) is 0.0325. The molecule has 20 heavy (non-hydrogen) atoms. The van der Waals surface area contributed by atoms with E-state index in [1.807, 2.05) is 44.2 Å². The van der Waals surface area contributed by atoms with Gasteiger partial charge in [-0.1, -0.05) is 44.2 Å². The van der Waals surface area contributed by atoms with Gasteiger partial charge in [0.1, 0.15) is 0 Å². The van der Waals surface area contributed by atoms with Crippen LogP contribution in [-0.2, 0) is 4.79 Å². The van der Waals surface area contributed by atoms with Crippen molar-refractivity contribution in [1.29, 1.82) is 0 Å². The van der Waals surface area contributed by atoms with Gasteiger partial charge in [-0.3, -0.25) is 9.69 Å². The molecular formula is C14H25Cl2N3O. The van der Waals surface area contributed by atoms with Crippen molar-refractivity contribution in [2.24, 2.45) is 5.73 Å². The molecule has 1 aromatic carbocycles. The van der Waals surface area contributed by atoms with Crippen molar-refractivity contribution in [3.05, 3.63) is 35.9 Å². The Bertz CT molecular complexity index is 359. The summed E-state index contributed by atoms with van der Waals surface area (Å²) in [4.78, 5) is 13.8. The molecule has 0 saturated carbocycles. The predicted octanol–water partition coefficient (Wildman–Crippen LogP) is 1.99. The maximum Gasteiger partial charge on any atom is 0.234 e. The van der Waals surface area contributed by atoms with E-state index in [4.69, 9.17) is 5.73 Å². The highest BCUT2D eigenvalue weighted by Gasteiger charge is 2.09. The Hall–Kier alpha value is -0.810. The second-order valence-corrected chi connectivity index (χ2v) is 4.28. The molecule has 3 N–H and O–H groups in total. The fraction of sp³-hybridized carbons (Fsp3) is 0.500. The van der Waals surface area contributed by atoms with E-state index in [9.17, 15) is 4.79 Å². The number of carbonyl (C=O) groups excluding carboxylic acids is 1. The Morgan fingerprint density at radius 3 is 2.25 bits per heavy atom. The first-order valence-corrected chi connectivity index (χ1v) is 6.47. The average Bonchev–Trinajstić information content (AvgIpc) is 2.43. The zero-order chi connectivity index (χ0) is 13.4. The molecule has 0 aliphatic carbocycles. The van der Waals surface area contributed by atoms with E-state index in [2.05, 4.69) is 10.2 Å². The Kier molecular flexibility index (Phi) is 12.9. The van der Waals surface area contributed by atoms with Gasteiger partial charge in [0, 0.05) is 12.6 Å². The standard InChI is InChI=1S/C14H23N3O.2ClH/c1-3-17(4-2)11-14(18)16-10-13(15)12-8-6-5-7-9-12;;/h5-9,13H,3-4,10-11,15H2,1-2H3,(H,16,18);2*1H. The van der Waals surface area contributed by atoms with Gasteiger partial charge in [0.25, 0.3) is 0 Å². The summed E-state index contributed by atoms with van der Waals surface area (Å²) in [5.41, 5.74) is 7.05. The van der Waals surface area contributed by atoms with Gasteiger partial charge < -0.3 is 11.1 Å². The molecule has 1 atom stereocenters. The number of likely N-dealkylation sites (N-methyl/N-ethyl adjacent to an activating group) is 1. The quantitative estimate of drug-likeness (QED) is 0.807. The van der Waals surface area contributed by atoms with E-state index >= 15 is 0 Å². The van der Waals surface area contributed by atoms with Gasteiger partial charge in [-0.05, 0) is 18.7 Å². The monoisotopic (exact) mass is 321 g/mol. The van der Waals surface area contributed by atoms with E-state index in [0.717, 1.165) is 18.7 Å². The van der Waals surface area contributed by atoms with E-state index in [0.29, 0.717) is 13.1 Å². The molecule has 116 valence electrons. The fourth-order valence-corrected chi connectivity index (χ4v) is 1.75. The third-order valence-corrected chi connectivity index (χ3v) is 3.01. The summed E-state index contributed by atoms with van der Waals surface area (Å²) in [5, 5.41) is 2.87. The van der Waals surface area contributed by atoms with Gasteiger partial charge in [0.15, 0.2) is 0 Å². The highest BCUT2D eigenvalue weighted by atomic mass is 35.5. The SMILES string of the molecule is CCN(CC)CC(=O)NCC(N)c1ccccc1.Cl.Cl. The van der Waals surface area contributed by atoms with Crippen LogP contribution in [0, 0.1) is 0 Å². The fourth-order valence-electron chi connectivity index (χ4n) is 1.75. The number of hydrogen-bond donors (Lipinski definition) is 2. The molecule has 1 aromatic rings. The minimum absolute atomic E-state index is 0. The highest BCUT2D eigenvalue weighted by Crippen LogP contribution is 2.07. The largest absolute Gasteiger partial charge is 0.353 e. The van der Waals surface area contributed by atoms with Crippen LogP contribution in [0.2, 0.25) is 0 Å². The van der Waals surface area contributed by atoms with Crippen LogP contribution in [0.25, 0.3) is 0 Å². The van der Waals surface area contributed by atoms with Crippen LogP contribution in [0.15, 0.2) is 30.3 Å². The van der Waals surface area contributed by atoms with E-state index in [-0.39, 0.29) is 36.8 Å². The lowest BCUT2D eigenvalue weighted by Crippen LogP contribution is -2.39. The number of nitrogens with zero attached hydrogens (tertiary/aromatic N) is 1. The molecule has 0 radical (unpaired) electrons. The third-order valence-electron chi connectivity index (χ3n) is 3.01. The number of hydrogen-bond acceptors (Lipinski definition) is 3. The smallest absolute Gasteiger partial charge is 0.234 e. The summed E-state index contributed by atoms with van der Waals surface area (Å²) in [6.45, 7) is 6.78. The van der Waals surface area contributed by atoms with E-state index < -0.39 is 0 Å². The minimum atomic E-state index is -0.146. The third kappa shape index (κ3) is 7.70. The molecule has 1 rings (SSSR count). The zero-order valence-electron chi connectivity index (χ0n) is 12.0. The molecule has 0 bridgehead atoms. The molecule has 0 heterocycles. The lowest BCUT2D eigenvalue weighted by Gasteiger charge is -2.18. The van der Waals surface area contributed by atoms with Crippen molar-refractivity contribution in [3.8, 4) is 0 Å². The number of benzene rings is 1. The van der Waals surface area contributed by atoms with Crippen molar-refractivity contribution >= 4 is 30.7 Å². The minimum Gasteiger partial charge on any atom is -0.353 e. The number of amides is 1. The number of halogens is 2. The zero-order valence-corrected chi connectivity index (χ0v) is 13.7.